The van der Waals surface area contributed by atoms with E-state index in [1.54, 1.807) is 19.1 Å². The number of hydrogen-bond donors (Lipinski definition) is 0. The van der Waals surface area contributed by atoms with Crippen molar-refractivity contribution >= 4 is 17.0 Å². The Labute approximate surface area is 146 Å². The van der Waals surface area contributed by atoms with Crippen LogP contribution >= 0.6 is 11.6 Å². The Morgan fingerprint density at radius 1 is 1.12 bits per heavy atom. The average Bonchev–Trinajstić information content (AvgIpc) is 2.59. The zero-order chi connectivity index (χ0) is 17.3. The van der Waals surface area contributed by atoms with Crippen LogP contribution in [0.15, 0.2) is 42.5 Å². The van der Waals surface area contributed by atoms with Crippen molar-refractivity contribution in [3.8, 4) is 11.5 Å². The van der Waals surface area contributed by atoms with Gasteiger partial charge in [0.25, 0.3) is 0 Å². The lowest BCUT2D eigenvalue weighted by atomic mass is 9.85. The van der Waals surface area contributed by atoms with Crippen LogP contribution in [0, 0.1) is 0 Å². The molecular formula is C19H20ClNO3. The van der Waals surface area contributed by atoms with Gasteiger partial charge in [0, 0.05) is 6.04 Å². The van der Waals surface area contributed by atoms with Crippen LogP contribution < -0.4 is 9.47 Å². The van der Waals surface area contributed by atoms with Crippen molar-refractivity contribution < 1.29 is 14.3 Å². The summed E-state index contributed by atoms with van der Waals surface area (Å²) in [5.41, 5.74) is 3.18. The fourth-order valence-corrected chi connectivity index (χ4v) is 3.70. The van der Waals surface area contributed by atoms with E-state index < -0.39 is 5.37 Å². The summed E-state index contributed by atoms with van der Waals surface area (Å²) in [6.07, 6.45) is 0.720. The molecule has 2 aromatic rings. The van der Waals surface area contributed by atoms with E-state index in [2.05, 4.69) is 0 Å². The van der Waals surface area contributed by atoms with Crippen LogP contribution in [0.1, 0.15) is 29.7 Å². The van der Waals surface area contributed by atoms with Crippen LogP contribution in [0.5, 0.6) is 11.5 Å². The predicted molar refractivity (Wildman–Crippen MR) is 94.1 cm³/mol. The molecule has 1 aliphatic rings. The van der Waals surface area contributed by atoms with Gasteiger partial charge in [0.2, 0.25) is 0 Å². The number of methoxy groups -OCH3 is 2. The molecule has 2 aromatic carbocycles. The number of carbonyl (C=O) groups is 1. The normalized spacial score (nSPS) is 19.6. The smallest absolute Gasteiger partial charge is 0.317 e. The van der Waals surface area contributed by atoms with Gasteiger partial charge in [0.1, 0.15) is 0 Å². The third kappa shape index (κ3) is 2.82. The maximum Gasteiger partial charge on any atom is 0.317 e. The fraction of sp³-hybridized carbons (Fsp3) is 0.316. The Balaban J connectivity index is 2.21. The molecule has 0 spiro atoms. The number of carbonyl (C=O) groups excluding carboxylic acids is 1. The number of ether oxygens (including phenoxy) is 2. The molecule has 0 N–H and O–H groups in total. The summed E-state index contributed by atoms with van der Waals surface area (Å²) in [5, 5.41) is -0.447. The highest BCUT2D eigenvalue weighted by Gasteiger charge is 2.36. The summed E-state index contributed by atoms with van der Waals surface area (Å²) >= 11 is 5.93. The molecule has 1 aliphatic heterocycles. The fourth-order valence-electron chi connectivity index (χ4n) is 3.44. The van der Waals surface area contributed by atoms with Crippen LogP contribution in [0.25, 0.3) is 0 Å². The number of halogens is 1. The average molecular weight is 346 g/mol. The Hall–Kier alpha value is -2.20. The Morgan fingerprint density at radius 2 is 1.75 bits per heavy atom. The summed E-state index contributed by atoms with van der Waals surface area (Å²) in [4.78, 5) is 13.8. The Morgan fingerprint density at radius 3 is 2.33 bits per heavy atom. The van der Waals surface area contributed by atoms with E-state index in [9.17, 15) is 4.79 Å². The predicted octanol–water partition coefficient (Wildman–Crippen LogP) is 4.40. The zero-order valence-corrected chi connectivity index (χ0v) is 14.7. The third-order valence-corrected chi connectivity index (χ3v) is 4.72. The Kier molecular flexibility index (Phi) is 4.67. The number of fused-ring (bicyclic) bond motifs is 1. The van der Waals surface area contributed by atoms with Gasteiger partial charge in [-0.05, 0) is 53.8 Å². The van der Waals surface area contributed by atoms with E-state index in [1.807, 2.05) is 49.4 Å². The van der Waals surface area contributed by atoms with Gasteiger partial charge in [-0.15, -0.1) is 0 Å². The first kappa shape index (κ1) is 16.7. The van der Waals surface area contributed by atoms with E-state index in [4.69, 9.17) is 21.1 Å². The van der Waals surface area contributed by atoms with Gasteiger partial charge in [-0.25, -0.2) is 0 Å². The first-order valence-corrected chi connectivity index (χ1v) is 8.22. The van der Waals surface area contributed by atoms with E-state index in [1.165, 1.54) is 0 Å². The number of nitrogens with zero attached hydrogens (tertiary/aromatic N) is 1. The number of rotatable bonds is 3. The lowest BCUT2D eigenvalue weighted by Gasteiger charge is -2.41. The highest BCUT2D eigenvalue weighted by molar-refractivity contribution is 6.62. The molecule has 1 heterocycles. The van der Waals surface area contributed by atoms with Crippen LogP contribution in [0.4, 0.5) is 4.79 Å². The van der Waals surface area contributed by atoms with Crippen molar-refractivity contribution in [3.05, 3.63) is 59.2 Å². The van der Waals surface area contributed by atoms with E-state index >= 15 is 0 Å². The van der Waals surface area contributed by atoms with Crippen LogP contribution in [0.3, 0.4) is 0 Å². The molecule has 24 heavy (non-hydrogen) atoms. The molecule has 0 radical (unpaired) electrons. The lowest BCUT2D eigenvalue weighted by molar-refractivity contribution is 0.175. The van der Waals surface area contributed by atoms with Crippen molar-refractivity contribution in [1.82, 2.24) is 4.90 Å². The molecule has 0 aromatic heterocycles. The van der Waals surface area contributed by atoms with Crippen molar-refractivity contribution in [2.75, 3.05) is 14.2 Å². The molecule has 2 unspecified atom stereocenters. The van der Waals surface area contributed by atoms with E-state index in [0.29, 0.717) is 11.5 Å². The molecule has 0 fully saturated rings. The van der Waals surface area contributed by atoms with Gasteiger partial charge in [-0.2, -0.15) is 0 Å². The van der Waals surface area contributed by atoms with Crippen LogP contribution in [-0.2, 0) is 6.42 Å². The van der Waals surface area contributed by atoms with Crippen molar-refractivity contribution in [2.45, 2.75) is 25.4 Å². The van der Waals surface area contributed by atoms with Crippen molar-refractivity contribution in [3.63, 3.8) is 0 Å². The second-order valence-electron chi connectivity index (χ2n) is 5.93. The number of amides is 1. The summed E-state index contributed by atoms with van der Waals surface area (Å²) in [6, 6.07) is 13.6. The summed E-state index contributed by atoms with van der Waals surface area (Å²) in [7, 11) is 3.23. The topological polar surface area (TPSA) is 38.8 Å². The highest BCUT2D eigenvalue weighted by Crippen LogP contribution is 2.43. The van der Waals surface area contributed by atoms with Crippen molar-refractivity contribution in [1.29, 1.82) is 0 Å². The SMILES string of the molecule is COc1cc2c(cc1OC)C(c1ccccc1)N(C(=O)Cl)C(C)C2. The van der Waals surface area contributed by atoms with Gasteiger partial charge in [-0.1, -0.05) is 30.3 Å². The molecule has 2 atom stereocenters. The number of hydrogen-bond acceptors (Lipinski definition) is 3. The summed E-state index contributed by atoms with van der Waals surface area (Å²) in [5.74, 6) is 1.34. The highest BCUT2D eigenvalue weighted by atomic mass is 35.5. The Bertz CT molecular complexity index is 748. The lowest BCUT2D eigenvalue weighted by Crippen LogP contribution is -2.44. The second-order valence-corrected chi connectivity index (χ2v) is 6.26. The molecule has 0 saturated heterocycles. The molecule has 5 heteroatoms. The van der Waals surface area contributed by atoms with Gasteiger partial charge in [-0.3, -0.25) is 4.79 Å². The summed E-state index contributed by atoms with van der Waals surface area (Å²) < 4.78 is 10.9. The van der Waals surface area contributed by atoms with E-state index in [0.717, 1.165) is 23.1 Å². The van der Waals surface area contributed by atoms with E-state index in [-0.39, 0.29) is 12.1 Å². The zero-order valence-electron chi connectivity index (χ0n) is 14.0. The number of benzene rings is 2. The molecule has 126 valence electrons. The molecular weight excluding hydrogens is 326 g/mol. The standard InChI is InChI=1S/C19H20ClNO3/c1-12-9-14-10-16(23-2)17(24-3)11-15(14)18(21(12)19(20)22)13-7-5-4-6-8-13/h4-8,10-12,18H,9H2,1-3H3. The summed E-state index contributed by atoms with van der Waals surface area (Å²) in [6.45, 7) is 2.01. The first-order valence-electron chi connectivity index (χ1n) is 7.84. The van der Waals surface area contributed by atoms with Gasteiger partial charge >= 0.3 is 5.37 Å². The van der Waals surface area contributed by atoms with Gasteiger partial charge in [0.15, 0.2) is 11.5 Å². The minimum Gasteiger partial charge on any atom is -0.493 e. The van der Waals surface area contributed by atoms with Gasteiger partial charge < -0.3 is 14.4 Å². The second kappa shape index (κ2) is 6.73. The van der Waals surface area contributed by atoms with Crippen LogP contribution in [0.2, 0.25) is 0 Å². The van der Waals surface area contributed by atoms with Crippen molar-refractivity contribution in [2.24, 2.45) is 0 Å². The monoisotopic (exact) mass is 345 g/mol. The first-order chi connectivity index (χ1) is 11.6. The maximum atomic E-state index is 12.1. The minimum absolute atomic E-state index is 0.00851. The maximum absolute atomic E-state index is 12.1. The molecule has 0 saturated carbocycles. The third-order valence-electron chi connectivity index (χ3n) is 4.53. The van der Waals surface area contributed by atoms with Gasteiger partial charge in [0.05, 0.1) is 20.3 Å². The molecule has 4 nitrogen and oxygen atoms in total. The van der Waals surface area contributed by atoms with Crippen LogP contribution in [-0.4, -0.2) is 30.5 Å². The minimum atomic E-state index is -0.447. The molecule has 0 aliphatic carbocycles. The largest absolute Gasteiger partial charge is 0.493 e. The molecule has 3 rings (SSSR count). The molecule has 1 amide bonds. The quantitative estimate of drug-likeness (QED) is 0.611. The molecule has 0 bridgehead atoms.